The smallest absolute Gasteiger partial charge is 0.362 e. The molecule has 166 valence electrons. The van der Waals surface area contributed by atoms with Crippen LogP contribution in [0, 0.1) is 15.9 Å². The van der Waals surface area contributed by atoms with E-state index in [9.17, 15) is 32.5 Å². The number of hydrogen-bond acceptors (Lipinski definition) is 5. The summed E-state index contributed by atoms with van der Waals surface area (Å²) in [5.41, 5.74) is -1.57. The fraction of sp³-hybridized carbons (Fsp3) is 0.350. The number of thioether (sulfide) groups is 1. The van der Waals surface area contributed by atoms with Crippen LogP contribution in [0.15, 0.2) is 47.4 Å². The molecule has 1 amide bonds. The number of anilines is 1. The molecule has 31 heavy (non-hydrogen) atoms. The molecule has 1 aliphatic heterocycles. The molecule has 1 saturated heterocycles. The third-order valence-corrected chi connectivity index (χ3v) is 5.88. The molecule has 0 saturated carbocycles. The van der Waals surface area contributed by atoms with Gasteiger partial charge in [0.05, 0.1) is 10.5 Å². The summed E-state index contributed by atoms with van der Waals surface area (Å²) in [6.45, 7) is 1.20. The topological polar surface area (TPSA) is 66.7 Å². The van der Waals surface area contributed by atoms with Crippen LogP contribution in [0.3, 0.4) is 0 Å². The van der Waals surface area contributed by atoms with Crippen molar-refractivity contribution in [2.24, 2.45) is 0 Å². The minimum Gasteiger partial charge on any atom is -0.362 e. The highest BCUT2D eigenvalue weighted by Crippen LogP contribution is 2.36. The van der Waals surface area contributed by atoms with Crippen LogP contribution in [-0.4, -0.2) is 47.7 Å². The number of benzene rings is 2. The van der Waals surface area contributed by atoms with Crippen molar-refractivity contribution in [1.82, 2.24) is 4.90 Å². The molecule has 0 bridgehead atoms. The molecule has 11 heteroatoms. The number of hydrogen-bond donors (Lipinski definition) is 0. The first kappa shape index (κ1) is 22.9. The summed E-state index contributed by atoms with van der Waals surface area (Å²) in [7, 11) is 0. The quantitative estimate of drug-likeness (QED) is 0.275. The van der Waals surface area contributed by atoms with Crippen LogP contribution >= 0.6 is 11.8 Å². The van der Waals surface area contributed by atoms with Crippen LogP contribution in [0.5, 0.6) is 0 Å². The number of carbonyl (C=O) groups excluding carboxylic acids is 1. The molecule has 0 aromatic heterocycles. The summed E-state index contributed by atoms with van der Waals surface area (Å²) in [5, 5.41) is 11.3. The normalized spacial score (nSPS) is 14.6. The molecule has 2 aromatic carbocycles. The van der Waals surface area contributed by atoms with E-state index in [0.29, 0.717) is 24.9 Å². The number of piperazine rings is 1. The van der Waals surface area contributed by atoms with Gasteiger partial charge in [-0.05, 0) is 36.4 Å². The van der Waals surface area contributed by atoms with Gasteiger partial charge in [0.2, 0.25) is 5.91 Å². The molecular weight excluding hydrogens is 438 g/mol. The Kier molecular flexibility index (Phi) is 7.04. The van der Waals surface area contributed by atoms with Crippen molar-refractivity contribution >= 4 is 29.0 Å². The Morgan fingerprint density at radius 2 is 1.71 bits per heavy atom. The fourth-order valence-electron chi connectivity index (χ4n) is 3.26. The zero-order valence-corrected chi connectivity index (χ0v) is 17.1. The van der Waals surface area contributed by atoms with Crippen molar-refractivity contribution in [3.05, 3.63) is 64.0 Å². The average molecular weight is 457 g/mol. The summed E-state index contributed by atoms with van der Waals surface area (Å²) in [6, 6.07) is 8.46. The summed E-state index contributed by atoms with van der Waals surface area (Å²) in [5.74, 6) is 0.123. The first-order valence-electron chi connectivity index (χ1n) is 9.42. The number of alkyl halides is 3. The van der Waals surface area contributed by atoms with Gasteiger partial charge in [-0.25, -0.2) is 4.39 Å². The number of halogens is 4. The molecule has 0 unspecified atom stereocenters. The molecule has 1 heterocycles. The number of carbonyl (C=O) groups is 1. The molecule has 1 fully saturated rings. The van der Waals surface area contributed by atoms with Crippen molar-refractivity contribution in [2.45, 2.75) is 17.5 Å². The second-order valence-corrected chi connectivity index (χ2v) is 8.05. The monoisotopic (exact) mass is 457 g/mol. The highest BCUT2D eigenvalue weighted by Gasteiger charge is 2.34. The Morgan fingerprint density at radius 1 is 1.06 bits per heavy atom. The van der Waals surface area contributed by atoms with Gasteiger partial charge in [-0.3, -0.25) is 14.9 Å². The number of nitrogens with zero attached hydrogens (tertiary/aromatic N) is 3. The highest BCUT2D eigenvalue weighted by atomic mass is 32.2. The Morgan fingerprint density at radius 3 is 2.29 bits per heavy atom. The van der Waals surface area contributed by atoms with Crippen molar-refractivity contribution in [3.63, 3.8) is 0 Å². The second kappa shape index (κ2) is 9.54. The molecule has 6 nitrogen and oxygen atoms in total. The van der Waals surface area contributed by atoms with Crippen molar-refractivity contribution in [2.75, 3.05) is 36.8 Å². The minimum absolute atomic E-state index is 0.0730. The van der Waals surface area contributed by atoms with Gasteiger partial charge in [-0.2, -0.15) is 13.2 Å². The number of nitro groups is 1. The third kappa shape index (κ3) is 5.87. The lowest BCUT2D eigenvalue weighted by atomic mass is 10.1. The Bertz CT molecular complexity index is 946. The number of rotatable bonds is 6. The standard InChI is InChI=1S/C20H19F4N3O3S/c21-15-2-4-16(5-3-15)31-12-7-19(28)26-10-8-25(9-11-26)17-6-1-14(20(22,23)24)13-18(17)27(29)30/h1-6,13H,7-12H2. The van der Waals surface area contributed by atoms with E-state index in [0.717, 1.165) is 17.0 Å². The molecule has 0 atom stereocenters. The van der Waals surface area contributed by atoms with Crippen molar-refractivity contribution in [1.29, 1.82) is 0 Å². The van der Waals surface area contributed by atoms with E-state index in [1.54, 1.807) is 21.9 Å². The van der Waals surface area contributed by atoms with Crippen LogP contribution in [-0.2, 0) is 11.0 Å². The van der Waals surface area contributed by atoms with Crippen LogP contribution < -0.4 is 4.90 Å². The zero-order chi connectivity index (χ0) is 22.6. The fourth-order valence-corrected chi connectivity index (χ4v) is 4.10. The maximum Gasteiger partial charge on any atom is 0.416 e. The van der Waals surface area contributed by atoms with Gasteiger partial charge in [0.1, 0.15) is 11.5 Å². The van der Waals surface area contributed by atoms with E-state index >= 15 is 0 Å². The Hall–Kier alpha value is -2.82. The SMILES string of the molecule is O=C(CCSc1ccc(F)cc1)N1CCN(c2ccc(C(F)(F)F)cc2[N+](=O)[O-])CC1. The zero-order valence-electron chi connectivity index (χ0n) is 16.3. The predicted octanol–water partition coefficient (Wildman–Crippen LogP) is 4.58. The van der Waals surface area contributed by atoms with Crippen LogP contribution in [0.1, 0.15) is 12.0 Å². The average Bonchev–Trinajstić information content (AvgIpc) is 2.74. The lowest BCUT2D eigenvalue weighted by molar-refractivity contribution is -0.384. The predicted molar refractivity (Wildman–Crippen MR) is 109 cm³/mol. The first-order chi connectivity index (χ1) is 14.6. The Labute approximate surface area is 180 Å². The van der Waals surface area contributed by atoms with E-state index in [-0.39, 0.29) is 36.9 Å². The van der Waals surface area contributed by atoms with E-state index in [1.165, 1.54) is 23.9 Å². The second-order valence-electron chi connectivity index (χ2n) is 6.88. The number of amides is 1. The van der Waals surface area contributed by atoms with Gasteiger partial charge in [0, 0.05) is 49.3 Å². The minimum atomic E-state index is -4.67. The van der Waals surface area contributed by atoms with Crippen LogP contribution in [0.2, 0.25) is 0 Å². The molecular formula is C20H19F4N3O3S. The molecule has 0 N–H and O–H groups in total. The van der Waals surface area contributed by atoms with Gasteiger partial charge < -0.3 is 9.80 Å². The molecule has 0 radical (unpaired) electrons. The van der Waals surface area contributed by atoms with Crippen molar-refractivity contribution in [3.8, 4) is 0 Å². The van der Waals surface area contributed by atoms with E-state index in [2.05, 4.69) is 0 Å². The third-order valence-electron chi connectivity index (χ3n) is 4.87. The van der Waals surface area contributed by atoms with Gasteiger partial charge in [-0.1, -0.05) is 0 Å². The highest BCUT2D eigenvalue weighted by molar-refractivity contribution is 7.99. The summed E-state index contributed by atoms with van der Waals surface area (Å²) in [4.78, 5) is 27.0. The molecule has 1 aliphatic rings. The van der Waals surface area contributed by atoms with Crippen molar-refractivity contribution < 1.29 is 27.3 Å². The summed E-state index contributed by atoms with van der Waals surface area (Å²) >= 11 is 1.44. The molecule has 3 rings (SSSR count). The summed E-state index contributed by atoms with van der Waals surface area (Å²) < 4.78 is 51.5. The summed E-state index contributed by atoms with van der Waals surface area (Å²) in [6.07, 6.45) is -4.39. The van der Waals surface area contributed by atoms with E-state index in [4.69, 9.17) is 0 Å². The van der Waals surface area contributed by atoms with Gasteiger partial charge >= 0.3 is 6.18 Å². The first-order valence-corrected chi connectivity index (χ1v) is 10.4. The molecule has 0 aliphatic carbocycles. The maximum atomic E-state index is 12.9. The van der Waals surface area contributed by atoms with Crippen LogP contribution in [0.4, 0.5) is 28.9 Å². The van der Waals surface area contributed by atoms with E-state index in [1.807, 2.05) is 0 Å². The maximum absolute atomic E-state index is 12.9. The van der Waals surface area contributed by atoms with Gasteiger partial charge in [-0.15, -0.1) is 11.8 Å². The number of nitro benzene ring substituents is 1. The van der Waals surface area contributed by atoms with Gasteiger partial charge in [0.15, 0.2) is 0 Å². The van der Waals surface area contributed by atoms with Gasteiger partial charge in [0.25, 0.3) is 5.69 Å². The lowest BCUT2D eigenvalue weighted by Crippen LogP contribution is -2.49. The Balaban J connectivity index is 1.55. The lowest BCUT2D eigenvalue weighted by Gasteiger charge is -2.36. The van der Waals surface area contributed by atoms with E-state index < -0.39 is 22.4 Å². The largest absolute Gasteiger partial charge is 0.416 e. The molecule has 0 spiro atoms. The molecule has 2 aromatic rings. The van der Waals surface area contributed by atoms with Crippen LogP contribution in [0.25, 0.3) is 0 Å².